The fraction of sp³-hybridized carbons (Fsp3) is 0.400. The van der Waals surface area contributed by atoms with Crippen LogP contribution in [0.3, 0.4) is 0 Å². The topological polar surface area (TPSA) is 57.9 Å². The third-order valence-electron chi connectivity index (χ3n) is 6.74. The van der Waals surface area contributed by atoms with Crippen molar-refractivity contribution in [1.29, 1.82) is 0 Å². The quantitative estimate of drug-likeness (QED) is 0.623. The maximum atomic E-state index is 13.5. The lowest BCUT2D eigenvalue weighted by Crippen LogP contribution is -2.38. The van der Waals surface area contributed by atoms with Crippen LogP contribution in [0.2, 0.25) is 0 Å². The Kier molecular flexibility index (Phi) is 5.64. The minimum atomic E-state index is -0.394. The van der Waals surface area contributed by atoms with Crippen LogP contribution in [0, 0.1) is 5.82 Å². The monoisotopic (exact) mass is 434 g/mol. The molecule has 2 aliphatic rings. The zero-order valence-corrected chi connectivity index (χ0v) is 18.0. The van der Waals surface area contributed by atoms with Gasteiger partial charge in [-0.05, 0) is 73.9 Å². The first-order chi connectivity index (χ1) is 15.6. The number of amides is 2. The number of hydrogen-bond acceptors (Lipinski definition) is 3. The summed E-state index contributed by atoms with van der Waals surface area (Å²) in [5, 5.41) is 4.38. The van der Waals surface area contributed by atoms with Gasteiger partial charge >= 0.3 is 0 Å². The van der Waals surface area contributed by atoms with Gasteiger partial charge < -0.3 is 9.80 Å². The molecule has 2 amide bonds. The lowest BCUT2D eigenvalue weighted by molar-refractivity contribution is 0.0708. The van der Waals surface area contributed by atoms with E-state index < -0.39 is 5.82 Å². The van der Waals surface area contributed by atoms with Gasteiger partial charge in [-0.15, -0.1) is 0 Å². The molecule has 5 rings (SSSR count). The Labute approximate surface area is 186 Å². The number of pyridine rings is 1. The van der Waals surface area contributed by atoms with Gasteiger partial charge in [0, 0.05) is 37.9 Å². The first-order valence-electron chi connectivity index (χ1n) is 11.4. The van der Waals surface area contributed by atoms with Crippen molar-refractivity contribution in [2.45, 2.75) is 38.0 Å². The highest BCUT2D eigenvalue weighted by molar-refractivity contribution is 6.00. The highest BCUT2D eigenvalue weighted by Crippen LogP contribution is 2.30. The molecular formula is C25H27FN4O2. The summed E-state index contributed by atoms with van der Waals surface area (Å²) >= 11 is 0. The van der Waals surface area contributed by atoms with Crippen molar-refractivity contribution in [2.75, 3.05) is 26.2 Å². The van der Waals surface area contributed by atoms with Crippen molar-refractivity contribution in [3.05, 3.63) is 71.3 Å². The van der Waals surface area contributed by atoms with Crippen molar-refractivity contribution < 1.29 is 14.0 Å². The molecule has 2 aromatic heterocycles. The van der Waals surface area contributed by atoms with E-state index >= 15 is 0 Å². The molecule has 0 aliphatic carbocycles. The van der Waals surface area contributed by atoms with E-state index in [1.54, 1.807) is 27.7 Å². The number of rotatable bonds is 3. The number of piperidine rings is 2. The number of aromatic nitrogens is 2. The predicted octanol–water partition coefficient (Wildman–Crippen LogP) is 4.12. The van der Waals surface area contributed by atoms with E-state index in [0.717, 1.165) is 44.3 Å². The number of carbonyl (C=O) groups is 2. The Morgan fingerprint density at radius 2 is 1.66 bits per heavy atom. The molecule has 0 atom stereocenters. The molecule has 0 spiro atoms. The van der Waals surface area contributed by atoms with Crippen LogP contribution in [0.4, 0.5) is 4.39 Å². The van der Waals surface area contributed by atoms with Crippen molar-refractivity contribution in [3.63, 3.8) is 0 Å². The molecule has 2 fully saturated rings. The molecule has 2 aliphatic heterocycles. The van der Waals surface area contributed by atoms with E-state index in [2.05, 4.69) is 17.2 Å². The first-order valence-corrected chi connectivity index (χ1v) is 11.4. The Hall–Kier alpha value is -3.22. The molecule has 166 valence electrons. The van der Waals surface area contributed by atoms with E-state index in [0.29, 0.717) is 30.1 Å². The Morgan fingerprint density at radius 3 is 2.41 bits per heavy atom. The van der Waals surface area contributed by atoms with Crippen molar-refractivity contribution in [1.82, 2.24) is 19.4 Å². The van der Waals surface area contributed by atoms with Gasteiger partial charge in [0.15, 0.2) is 0 Å². The van der Waals surface area contributed by atoms with Gasteiger partial charge in [0.2, 0.25) is 0 Å². The molecule has 6 nitrogen and oxygen atoms in total. The summed E-state index contributed by atoms with van der Waals surface area (Å²) in [6.45, 7) is 2.88. The highest BCUT2D eigenvalue weighted by Gasteiger charge is 2.26. The Bertz CT molecular complexity index is 1140. The zero-order chi connectivity index (χ0) is 22.1. The van der Waals surface area contributed by atoms with Gasteiger partial charge in [-0.3, -0.25) is 9.59 Å². The van der Waals surface area contributed by atoms with Gasteiger partial charge in [0.05, 0.1) is 17.3 Å². The van der Waals surface area contributed by atoms with Gasteiger partial charge in [-0.2, -0.15) is 5.10 Å². The lowest BCUT2D eigenvalue weighted by Gasteiger charge is -2.32. The number of carbonyl (C=O) groups excluding carboxylic acids is 2. The summed E-state index contributed by atoms with van der Waals surface area (Å²) in [5.74, 6) is -0.143. The number of nitrogens with zero attached hydrogens (tertiary/aromatic N) is 4. The fourth-order valence-corrected chi connectivity index (χ4v) is 4.90. The van der Waals surface area contributed by atoms with Crippen molar-refractivity contribution in [2.24, 2.45) is 0 Å². The second-order valence-corrected chi connectivity index (χ2v) is 8.78. The minimum absolute atomic E-state index is 0.0624. The van der Waals surface area contributed by atoms with Crippen molar-refractivity contribution in [3.8, 4) is 0 Å². The molecule has 4 heterocycles. The summed E-state index contributed by atoms with van der Waals surface area (Å²) in [6.07, 6.45) is 8.56. The van der Waals surface area contributed by atoms with E-state index in [-0.39, 0.29) is 11.8 Å². The second kappa shape index (κ2) is 8.73. The Morgan fingerprint density at radius 1 is 0.906 bits per heavy atom. The standard InChI is InChI=1S/C25H27FN4O2/c26-21-6-4-5-20(15-21)24(31)29-12-7-18(8-13-29)19-9-14-30-23(16-19)22(17-27-30)25(32)28-10-2-1-3-11-28/h4-6,9,14-18H,1-3,7-8,10-13H2. The van der Waals surface area contributed by atoms with Gasteiger partial charge in [-0.1, -0.05) is 6.07 Å². The number of benzene rings is 1. The third kappa shape index (κ3) is 3.99. The van der Waals surface area contributed by atoms with Crippen LogP contribution in [0.25, 0.3) is 5.52 Å². The maximum absolute atomic E-state index is 13.5. The molecule has 0 N–H and O–H groups in total. The fourth-order valence-electron chi connectivity index (χ4n) is 4.90. The molecule has 0 saturated carbocycles. The van der Waals surface area contributed by atoms with E-state index in [9.17, 15) is 14.0 Å². The Balaban J connectivity index is 1.30. The molecule has 7 heteroatoms. The van der Waals surface area contributed by atoms with E-state index in [1.807, 2.05) is 11.1 Å². The maximum Gasteiger partial charge on any atom is 0.257 e. The molecule has 0 bridgehead atoms. The lowest BCUT2D eigenvalue weighted by atomic mass is 9.89. The predicted molar refractivity (Wildman–Crippen MR) is 119 cm³/mol. The third-order valence-corrected chi connectivity index (χ3v) is 6.74. The van der Waals surface area contributed by atoms with Crippen LogP contribution in [-0.2, 0) is 0 Å². The molecule has 32 heavy (non-hydrogen) atoms. The SMILES string of the molecule is O=C(c1cccc(F)c1)N1CCC(c2ccn3ncc(C(=O)N4CCCCC4)c3c2)CC1. The van der Waals surface area contributed by atoms with Crippen LogP contribution in [0.5, 0.6) is 0 Å². The molecule has 2 saturated heterocycles. The normalized spacial score (nSPS) is 17.7. The van der Waals surface area contributed by atoms with Gasteiger partial charge in [-0.25, -0.2) is 8.91 Å². The van der Waals surface area contributed by atoms with Gasteiger partial charge in [0.25, 0.3) is 11.8 Å². The van der Waals surface area contributed by atoms with Crippen LogP contribution < -0.4 is 0 Å². The van der Waals surface area contributed by atoms with E-state index in [4.69, 9.17) is 0 Å². The molecule has 0 unspecified atom stereocenters. The highest BCUT2D eigenvalue weighted by atomic mass is 19.1. The van der Waals surface area contributed by atoms with Crippen LogP contribution in [0.1, 0.15) is 64.3 Å². The number of fused-ring (bicyclic) bond motifs is 1. The van der Waals surface area contributed by atoms with Crippen LogP contribution in [0.15, 0.2) is 48.8 Å². The summed E-state index contributed by atoms with van der Waals surface area (Å²) in [7, 11) is 0. The largest absolute Gasteiger partial charge is 0.339 e. The summed E-state index contributed by atoms with van der Waals surface area (Å²) in [5.41, 5.74) is 3.07. The smallest absolute Gasteiger partial charge is 0.257 e. The zero-order valence-electron chi connectivity index (χ0n) is 18.0. The molecule has 0 radical (unpaired) electrons. The van der Waals surface area contributed by atoms with Crippen LogP contribution in [-0.4, -0.2) is 57.4 Å². The average Bonchev–Trinajstić information content (AvgIpc) is 3.27. The molecule has 3 aromatic rings. The average molecular weight is 435 g/mol. The summed E-state index contributed by atoms with van der Waals surface area (Å²) in [6, 6.07) is 10.0. The number of likely N-dealkylation sites (tertiary alicyclic amines) is 2. The van der Waals surface area contributed by atoms with Gasteiger partial charge in [0.1, 0.15) is 5.82 Å². The van der Waals surface area contributed by atoms with Crippen LogP contribution >= 0.6 is 0 Å². The number of hydrogen-bond donors (Lipinski definition) is 0. The summed E-state index contributed by atoms with van der Waals surface area (Å²) < 4.78 is 15.2. The number of halogens is 1. The molecule has 1 aromatic carbocycles. The minimum Gasteiger partial charge on any atom is -0.339 e. The first kappa shape index (κ1) is 20.7. The second-order valence-electron chi connectivity index (χ2n) is 8.78. The molecular weight excluding hydrogens is 407 g/mol. The van der Waals surface area contributed by atoms with E-state index in [1.165, 1.54) is 24.1 Å². The van der Waals surface area contributed by atoms with Crippen molar-refractivity contribution >= 4 is 17.3 Å². The summed E-state index contributed by atoms with van der Waals surface area (Å²) in [4.78, 5) is 29.5.